The van der Waals surface area contributed by atoms with Gasteiger partial charge in [0.1, 0.15) is 11.8 Å². The molecule has 9 heteroatoms. The van der Waals surface area contributed by atoms with Crippen molar-refractivity contribution >= 4 is 5.91 Å². The number of nitriles is 1. The van der Waals surface area contributed by atoms with Gasteiger partial charge in [-0.05, 0) is 6.07 Å². The van der Waals surface area contributed by atoms with E-state index in [1.807, 2.05) is 11.1 Å². The Balaban J connectivity index is 1.68. The molecular formula is C15H13N5O4. The first-order valence-corrected chi connectivity index (χ1v) is 7.21. The smallest absolute Gasteiger partial charge is 0.326 e. The molecular weight excluding hydrogens is 314 g/mol. The molecule has 0 radical (unpaired) electrons. The van der Waals surface area contributed by atoms with Crippen LogP contribution in [0.15, 0.2) is 34.0 Å². The van der Waals surface area contributed by atoms with Gasteiger partial charge in [0.2, 0.25) is 5.88 Å². The Bertz CT molecular complexity index is 898. The monoisotopic (exact) mass is 327 g/mol. The van der Waals surface area contributed by atoms with Crippen LogP contribution in [-0.2, 0) is 0 Å². The van der Waals surface area contributed by atoms with Crippen LogP contribution in [0.4, 0.5) is 0 Å². The molecule has 0 saturated carbocycles. The van der Waals surface area contributed by atoms with Crippen molar-refractivity contribution in [3.63, 3.8) is 0 Å². The molecule has 1 amide bonds. The number of aromatic amines is 2. The van der Waals surface area contributed by atoms with Crippen molar-refractivity contribution in [1.29, 1.82) is 5.26 Å². The molecule has 0 spiro atoms. The zero-order valence-electron chi connectivity index (χ0n) is 12.5. The summed E-state index contributed by atoms with van der Waals surface area (Å²) in [4.78, 5) is 44.7. The summed E-state index contributed by atoms with van der Waals surface area (Å²) in [6.07, 6.45) is 1.79. The van der Waals surface area contributed by atoms with E-state index in [1.165, 1.54) is 17.2 Å². The van der Waals surface area contributed by atoms with Crippen molar-refractivity contribution in [2.45, 2.75) is 12.5 Å². The zero-order chi connectivity index (χ0) is 17.1. The van der Waals surface area contributed by atoms with E-state index in [0.717, 1.165) is 6.07 Å². The number of nitrogens with one attached hydrogen (secondary N) is 2. The molecule has 0 aliphatic carbocycles. The van der Waals surface area contributed by atoms with Gasteiger partial charge in [0.15, 0.2) is 0 Å². The lowest BCUT2D eigenvalue weighted by atomic mass is 10.3. The maximum atomic E-state index is 12.3. The van der Waals surface area contributed by atoms with Crippen LogP contribution in [0.3, 0.4) is 0 Å². The lowest BCUT2D eigenvalue weighted by Gasteiger charge is -2.16. The third-order valence-corrected chi connectivity index (χ3v) is 3.57. The molecule has 3 rings (SSSR count). The largest absolute Gasteiger partial charge is 0.472 e. The van der Waals surface area contributed by atoms with Crippen LogP contribution in [0, 0.1) is 11.3 Å². The minimum Gasteiger partial charge on any atom is -0.472 e. The second-order valence-corrected chi connectivity index (χ2v) is 5.28. The highest BCUT2D eigenvalue weighted by Crippen LogP contribution is 2.18. The SMILES string of the molecule is N#Cc1ccnc(OC2CCN(C(=O)c3cc(=O)[nH]c(=O)[nH]3)C2)c1. The molecule has 1 fully saturated rings. The summed E-state index contributed by atoms with van der Waals surface area (Å²) in [6, 6.07) is 6.15. The molecule has 1 aliphatic rings. The van der Waals surface area contributed by atoms with E-state index in [9.17, 15) is 14.4 Å². The lowest BCUT2D eigenvalue weighted by molar-refractivity contribution is 0.0764. The van der Waals surface area contributed by atoms with Gasteiger partial charge in [-0.2, -0.15) is 5.26 Å². The zero-order valence-corrected chi connectivity index (χ0v) is 12.5. The number of hydrogen-bond donors (Lipinski definition) is 2. The number of amides is 1. The van der Waals surface area contributed by atoms with E-state index < -0.39 is 17.2 Å². The summed E-state index contributed by atoms with van der Waals surface area (Å²) < 4.78 is 5.69. The Morgan fingerprint density at radius 2 is 2.21 bits per heavy atom. The van der Waals surface area contributed by atoms with Gasteiger partial charge in [0.05, 0.1) is 18.2 Å². The van der Waals surface area contributed by atoms with Gasteiger partial charge in [0, 0.05) is 31.3 Å². The highest BCUT2D eigenvalue weighted by Gasteiger charge is 2.29. The third-order valence-electron chi connectivity index (χ3n) is 3.57. The van der Waals surface area contributed by atoms with E-state index in [-0.39, 0.29) is 11.8 Å². The molecule has 0 aromatic carbocycles. The summed E-state index contributed by atoms with van der Waals surface area (Å²) >= 11 is 0. The Morgan fingerprint density at radius 1 is 1.38 bits per heavy atom. The first-order valence-electron chi connectivity index (χ1n) is 7.21. The molecule has 3 heterocycles. The quantitative estimate of drug-likeness (QED) is 0.790. The molecule has 0 bridgehead atoms. The predicted octanol–water partition coefficient (Wildman–Crippen LogP) is -0.377. The average molecular weight is 327 g/mol. The molecule has 2 aromatic rings. The van der Waals surface area contributed by atoms with E-state index in [1.54, 1.807) is 6.07 Å². The first kappa shape index (κ1) is 15.5. The maximum absolute atomic E-state index is 12.3. The molecule has 2 aromatic heterocycles. The number of H-pyrrole nitrogens is 2. The number of ether oxygens (including phenoxy) is 1. The minimum atomic E-state index is -0.727. The van der Waals surface area contributed by atoms with Crippen molar-refractivity contribution in [2.75, 3.05) is 13.1 Å². The molecule has 1 saturated heterocycles. The van der Waals surface area contributed by atoms with E-state index in [0.29, 0.717) is 31.0 Å². The van der Waals surface area contributed by atoms with Crippen LogP contribution in [0.2, 0.25) is 0 Å². The highest BCUT2D eigenvalue weighted by atomic mass is 16.5. The van der Waals surface area contributed by atoms with Gasteiger partial charge >= 0.3 is 5.69 Å². The van der Waals surface area contributed by atoms with Gasteiger partial charge in [-0.15, -0.1) is 0 Å². The molecule has 9 nitrogen and oxygen atoms in total. The second kappa shape index (κ2) is 6.37. The molecule has 2 N–H and O–H groups in total. The van der Waals surface area contributed by atoms with Gasteiger partial charge < -0.3 is 14.6 Å². The predicted molar refractivity (Wildman–Crippen MR) is 81.6 cm³/mol. The fourth-order valence-corrected chi connectivity index (χ4v) is 2.48. The minimum absolute atomic E-state index is 0.0611. The topological polar surface area (TPSA) is 132 Å². The van der Waals surface area contributed by atoms with Gasteiger partial charge in [-0.1, -0.05) is 0 Å². The fraction of sp³-hybridized carbons (Fsp3) is 0.267. The summed E-state index contributed by atoms with van der Waals surface area (Å²) in [5.74, 6) is -0.124. The summed E-state index contributed by atoms with van der Waals surface area (Å²) in [5.41, 5.74) is -0.983. The first-order chi connectivity index (χ1) is 11.5. The molecule has 1 aliphatic heterocycles. The number of hydrogen-bond acceptors (Lipinski definition) is 6. The molecule has 122 valence electrons. The van der Waals surface area contributed by atoms with Crippen molar-refractivity contribution in [3.05, 3.63) is 56.5 Å². The number of aromatic nitrogens is 3. The van der Waals surface area contributed by atoms with Crippen molar-refractivity contribution in [3.8, 4) is 11.9 Å². The van der Waals surface area contributed by atoms with Crippen LogP contribution in [0.25, 0.3) is 0 Å². The van der Waals surface area contributed by atoms with Crippen molar-refractivity contribution < 1.29 is 9.53 Å². The van der Waals surface area contributed by atoms with Crippen LogP contribution in [-0.4, -0.2) is 45.0 Å². The fourth-order valence-electron chi connectivity index (χ4n) is 2.48. The normalized spacial score (nSPS) is 16.6. The number of pyridine rings is 1. The third kappa shape index (κ3) is 3.33. The molecule has 1 atom stereocenters. The maximum Gasteiger partial charge on any atom is 0.326 e. The number of likely N-dealkylation sites (tertiary alicyclic amines) is 1. The van der Waals surface area contributed by atoms with Crippen LogP contribution in [0.5, 0.6) is 5.88 Å². The Labute approximate surface area is 135 Å². The standard InChI is InChI=1S/C15H13N5O4/c16-7-9-1-3-17-13(5-9)24-10-2-4-20(8-10)14(22)11-6-12(21)19-15(23)18-11/h1,3,5-6,10H,2,4,8H2,(H2,18,19,21,23). The van der Waals surface area contributed by atoms with Gasteiger partial charge in [-0.3, -0.25) is 14.6 Å². The lowest BCUT2D eigenvalue weighted by Crippen LogP contribution is -2.34. The van der Waals surface area contributed by atoms with E-state index >= 15 is 0 Å². The Kier molecular flexibility index (Phi) is 4.11. The second-order valence-electron chi connectivity index (χ2n) is 5.28. The summed E-state index contributed by atoms with van der Waals surface area (Å²) in [7, 11) is 0. The van der Waals surface area contributed by atoms with Crippen LogP contribution in [0.1, 0.15) is 22.5 Å². The molecule has 24 heavy (non-hydrogen) atoms. The number of nitrogens with zero attached hydrogens (tertiary/aromatic N) is 3. The Hall–Kier alpha value is -3.41. The van der Waals surface area contributed by atoms with E-state index in [4.69, 9.17) is 10.00 Å². The Morgan fingerprint density at radius 3 is 2.96 bits per heavy atom. The van der Waals surface area contributed by atoms with E-state index in [2.05, 4.69) is 9.97 Å². The number of carbonyl (C=O) groups excluding carboxylic acids is 1. The highest BCUT2D eigenvalue weighted by molar-refractivity contribution is 5.92. The van der Waals surface area contributed by atoms with Crippen LogP contribution >= 0.6 is 0 Å². The number of rotatable bonds is 3. The van der Waals surface area contributed by atoms with Crippen molar-refractivity contribution in [2.24, 2.45) is 0 Å². The van der Waals surface area contributed by atoms with Crippen LogP contribution < -0.4 is 16.0 Å². The van der Waals surface area contributed by atoms with Gasteiger partial charge in [-0.25, -0.2) is 9.78 Å². The summed E-state index contributed by atoms with van der Waals surface area (Å²) in [5, 5.41) is 8.87. The van der Waals surface area contributed by atoms with Crippen molar-refractivity contribution in [1.82, 2.24) is 19.9 Å². The number of carbonyl (C=O) groups is 1. The summed E-state index contributed by atoms with van der Waals surface area (Å²) in [6.45, 7) is 0.725. The van der Waals surface area contributed by atoms with Gasteiger partial charge in [0.25, 0.3) is 11.5 Å². The average Bonchev–Trinajstić information content (AvgIpc) is 3.02. The molecule has 1 unspecified atom stereocenters.